The van der Waals surface area contributed by atoms with Crippen molar-refractivity contribution in [3.63, 3.8) is 0 Å². The van der Waals surface area contributed by atoms with E-state index >= 15 is 0 Å². The maximum Gasteiger partial charge on any atom is 0.261 e. The Bertz CT molecular complexity index is 1100. The van der Waals surface area contributed by atoms with Crippen molar-refractivity contribution in [2.24, 2.45) is 5.92 Å². The highest BCUT2D eigenvalue weighted by atomic mass is 16.2. The SMILES string of the molecule is CC(C)CN1C(=O)c2ccc(C(=O)Nc3ccccc3CNC(=O)CC#N)cc2C1=O. The number of hydrogen-bond donors (Lipinski definition) is 2. The van der Waals surface area contributed by atoms with Gasteiger partial charge in [-0.25, -0.2) is 0 Å². The summed E-state index contributed by atoms with van der Waals surface area (Å²) in [6.45, 7) is 4.31. The lowest BCUT2D eigenvalue weighted by atomic mass is 10.0. The number of nitriles is 1. The van der Waals surface area contributed by atoms with Crippen molar-refractivity contribution in [1.29, 1.82) is 5.26 Å². The van der Waals surface area contributed by atoms with Crippen LogP contribution < -0.4 is 10.6 Å². The van der Waals surface area contributed by atoms with Crippen LogP contribution >= 0.6 is 0 Å². The predicted molar refractivity (Wildman–Crippen MR) is 113 cm³/mol. The van der Waals surface area contributed by atoms with Crippen LogP contribution in [0, 0.1) is 17.2 Å². The monoisotopic (exact) mass is 418 g/mol. The molecule has 0 aliphatic carbocycles. The van der Waals surface area contributed by atoms with Gasteiger partial charge in [0.2, 0.25) is 5.91 Å². The number of imide groups is 1. The van der Waals surface area contributed by atoms with Gasteiger partial charge < -0.3 is 10.6 Å². The largest absolute Gasteiger partial charge is 0.351 e. The Morgan fingerprint density at radius 2 is 1.77 bits per heavy atom. The second-order valence-corrected chi connectivity index (χ2v) is 7.60. The summed E-state index contributed by atoms with van der Waals surface area (Å²) >= 11 is 0. The lowest BCUT2D eigenvalue weighted by molar-refractivity contribution is -0.120. The average molecular weight is 418 g/mol. The molecule has 0 atom stereocenters. The molecule has 8 heteroatoms. The van der Waals surface area contributed by atoms with E-state index in [0.29, 0.717) is 23.4 Å². The average Bonchev–Trinajstić information content (AvgIpc) is 2.97. The first kappa shape index (κ1) is 21.7. The first-order valence-electron chi connectivity index (χ1n) is 9.85. The fourth-order valence-corrected chi connectivity index (χ4v) is 3.28. The summed E-state index contributed by atoms with van der Waals surface area (Å²) in [6.07, 6.45) is -0.246. The zero-order valence-corrected chi connectivity index (χ0v) is 17.3. The molecule has 0 aromatic heterocycles. The van der Waals surface area contributed by atoms with Crippen molar-refractivity contribution in [3.05, 3.63) is 64.7 Å². The van der Waals surface area contributed by atoms with Gasteiger partial charge in [-0.15, -0.1) is 0 Å². The molecule has 0 saturated heterocycles. The minimum atomic E-state index is -0.443. The van der Waals surface area contributed by atoms with Gasteiger partial charge >= 0.3 is 0 Å². The molecule has 0 saturated carbocycles. The Kier molecular flexibility index (Phi) is 6.46. The molecule has 3 rings (SSSR count). The molecule has 2 N–H and O–H groups in total. The minimum Gasteiger partial charge on any atom is -0.351 e. The van der Waals surface area contributed by atoms with Gasteiger partial charge in [0.15, 0.2) is 0 Å². The number of hydrogen-bond acceptors (Lipinski definition) is 5. The molecule has 4 amide bonds. The van der Waals surface area contributed by atoms with Gasteiger partial charge in [-0.3, -0.25) is 24.1 Å². The number of benzene rings is 2. The summed E-state index contributed by atoms with van der Waals surface area (Å²) in [5, 5.41) is 14.0. The molecule has 2 aromatic carbocycles. The number of rotatable bonds is 7. The minimum absolute atomic E-state index is 0.134. The third-order valence-corrected chi connectivity index (χ3v) is 4.76. The molecule has 1 aliphatic rings. The number of carbonyl (C=O) groups excluding carboxylic acids is 4. The lowest BCUT2D eigenvalue weighted by Crippen LogP contribution is -2.33. The van der Waals surface area contributed by atoms with Crippen molar-refractivity contribution >= 4 is 29.3 Å². The van der Waals surface area contributed by atoms with Crippen LogP contribution in [-0.4, -0.2) is 35.1 Å². The molecule has 0 unspecified atom stereocenters. The Morgan fingerprint density at radius 1 is 1.06 bits per heavy atom. The van der Waals surface area contributed by atoms with Crippen molar-refractivity contribution < 1.29 is 19.2 Å². The molecule has 2 aromatic rings. The van der Waals surface area contributed by atoms with Crippen LogP contribution in [-0.2, 0) is 11.3 Å². The maximum atomic E-state index is 12.8. The number of para-hydroxylation sites is 1. The number of amides is 4. The molecule has 31 heavy (non-hydrogen) atoms. The summed E-state index contributed by atoms with van der Waals surface area (Å²) in [4.78, 5) is 50.7. The van der Waals surface area contributed by atoms with Gasteiger partial charge in [0, 0.05) is 24.3 Å². The summed E-state index contributed by atoms with van der Waals surface area (Å²) in [7, 11) is 0. The summed E-state index contributed by atoms with van der Waals surface area (Å²) in [5.41, 5.74) is 1.92. The number of anilines is 1. The fourth-order valence-electron chi connectivity index (χ4n) is 3.28. The van der Waals surface area contributed by atoms with E-state index in [2.05, 4.69) is 10.6 Å². The van der Waals surface area contributed by atoms with E-state index in [1.807, 2.05) is 13.8 Å². The zero-order valence-electron chi connectivity index (χ0n) is 17.3. The third-order valence-electron chi connectivity index (χ3n) is 4.76. The second-order valence-electron chi connectivity index (χ2n) is 7.60. The highest BCUT2D eigenvalue weighted by Gasteiger charge is 2.36. The van der Waals surface area contributed by atoms with Gasteiger partial charge in [-0.2, -0.15) is 5.26 Å². The van der Waals surface area contributed by atoms with Crippen LogP contribution in [0.15, 0.2) is 42.5 Å². The van der Waals surface area contributed by atoms with Crippen LogP contribution in [0.2, 0.25) is 0 Å². The van der Waals surface area contributed by atoms with Crippen molar-refractivity contribution in [2.45, 2.75) is 26.8 Å². The quantitative estimate of drug-likeness (QED) is 0.670. The zero-order chi connectivity index (χ0) is 22.5. The van der Waals surface area contributed by atoms with E-state index in [-0.39, 0.29) is 35.9 Å². The Balaban J connectivity index is 1.77. The standard InChI is InChI=1S/C23H22N4O4/c1-14(2)13-27-22(30)17-8-7-15(11-18(17)23(27)31)21(29)26-19-6-4-3-5-16(19)12-25-20(28)9-10-24/h3-8,11,14H,9,12-13H2,1-2H3,(H,25,28)(H,26,29). The van der Waals surface area contributed by atoms with Gasteiger partial charge in [-0.1, -0.05) is 32.0 Å². The van der Waals surface area contributed by atoms with E-state index in [9.17, 15) is 19.2 Å². The molecule has 0 bridgehead atoms. The maximum absolute atomic E-state index is 12.8. The number of carbonyl (C=O) groups is 4. The normalized spacial score (nSPS) is 12.5. The fraction of sp³-hybridized carbons (Fsp3) is 0.261. The molecule has 0 fully saturated rings. The highest BCUT2D eigenvalue weighted by molar-refractivity contribution is 6.22. The first-order valence-corrected chi connectivity index (χ1v) is 9.85. The van der Waals surface area contributed by atoms with E-state index in [1.54, 1.807) is 30.3 Å². The van der Waals surface area contributed by atoms with Gasteiger partial charge in [0.1, 0.15) is 6.42 Å². The number of fused-ring (bicyclic) bond motifs is 1. The smallest absolute Gasteiger partial charge is 0.261 e. The molecule has 0 radical (unpaired) electrons. The van der Waals surface area contributed by atoms with Crippen LogP contribution in [0.4, 0.5) is 5.69 Å². The topological polar surface area (TPSA) is 119 Å². The molecule has 1 aliphatic heterocycles. The van der Waals surface area contributed by atoms with Crippen molar-refractivity contribution in [1.82, 2.24) is 10.2 Å². The van der Waals surface area contributed by atoms with E-state index in [0.717, 1.165) is 0 Å². The molecule has 158 valence electrons. The Morgan fingerprint density at radius 3 is 2.48 bits per heavy atom. The van der Waals surface area contributed by atoms with Crippen molar-refractivity contribution in [2.75, 3.05) is 11.9 Å². The lowest BCUT2D eigenvalue weighted by Gasteiger charge is -2.15. The molecule has 8 nitrogen and oxygen atoms in total. The highest BCUT2D eigenvalue weighted by Crippen LogP contribution is 2.25. The summed E-state index contributed by atoms with van der Waals surface area (Å²) in [5.74, 6) is -1.46. The Hall–Kier alpha value is -3.99. The summed E-state index contributed by atoms with van der Waals surface area (Å²) in [6, 6.07) is 13.2. The van der Waals surface area contributed by atoms with Gasteiger partial charge in [0.25, 0.3) is 17.7 Å². The molecule has 0 spiro atoms. The van der Waals surface area contributed by atoms with Crippen LogP contribution in [0.1, 0.15) is 56.9 Å². The molecular formula is C23H22N4O4. The molecule has 1 heterocycles. The van der Waals surface area contributed by atoms with E-state index < -0.39 is 17.7 Å². The first-order chi connectivity index (χ1) is 14.8. The second kappa shape index (κ2) is 9.22. The van der Waals surface area contributed by atoms with Crippen molar-refractivity contribution in [3.8, 4) is 6.07 Å². The van der Waals surface area contributed by atoms with Crippen LogP contribution in [0.25, 0.3) is 0 Å². The number of nitrogens with one attached hydrogen (secondary N) is 2. The molecular weight excluding hydrogens is 396 g/mol. The predicted octanol–water partition coefficient (Wildman–Crippen LogP) is 2.72. The van der Waals surface area contributed by atoms with Gasteiger partial charge in [0.05, 0.1) is 17.2 Å². The van der Waals surface area contributed by atoms with Gasteiger partial charge in [-0.05, 0) is 35.7 Å². The van der Waals surface area contributed by atoms with Crippen LogP contribution in [0.5, 0.6) is 0 Å². The van der Waals surface area contributed by atoms with Crippen LogP contribution in [0.3, 0.4) is 0 Å². The third kappa shape index (κ3) is 4.78. The van der Waals surface area contributed by atoms with E-state index in [4.69, 9.17) is 5.26 Å². The van der Waals surface area contributed by atoms with E-state index in [1.165, 1.54) is 23.1 Å². The summed E-state index contributed by atoms with van der Waals surface area (Å²) < 4.78 is 0. The Labute approximate surface area is 179 Å². The number of nitrogens with zero attached hydrogens (tertiary/aromatic N) is 2.